The average Bonchev–Trinajstić information content (AvgIpc) is 3.41. The van der Waals surface area contributed by atoms with E-state index < -0.39 is 11.9 Å². The quantitative estimate of drug-likeness (QED) is 0.213. The maximum Gasteiger partial charge on any atom is 0.411 e. The number of hydrogen-bond acceptors (Lipinski definition) is 7. The van der Waals surface area contributed by atoms with Crippen LogP contribution in [0.1, 0.15) is 42.9 Å². The van der Waals surface area contributed by atoms with Gasteiger partial charge in [0.05, 0.1) is 40.6 Å². The Morgan fingerprint density at radius 3 is 2.66 bits per heavy atom. The van der Waals surface area contributed by atoms with Crippen LogP contribution in [0.2, 0.25) is 5.02 Å². The number of methoxy groups -OCH3 is 1. The minimum Gasteiger partial charge on any atom is -0.618 e. The maximum atomic E-state index is 15.3. The first-order chi connectivity index (χ1) is 19.9. The molecule has 1 amide bonds. The SMILES string of the molecule is COC(=O)Nc1ccc(C2=CCC(C(CC3CC3)c3ccc(-c4c(-n5cnnn5)ccc(Cl)c4F)c[n+]3[O-])=N2)cc1. The Morgan fingerprint density at radius 2 is 1.98 bits per heavy atom. The predicted molar refractivity (Wildman–Crippen MR) is 151 cm³/mol. The zero-order chi connectivity index (χ0) is 28.5. The fraction of sp³-hybridized carbons (Fsp3) is 0.241. The van der Waals surface area contributed by atoms with Crippen molar-refractivity contribution in [2.75, 3.05) is 12.4 Å². The molecule has 0 bridgehead atoms. The van der Waals surface area contributed by atoms with Crippen LogP contribution in [0.15, 0.2) is 72.1 Å². The van der Waals surface area contributed by atoms with Gasteiger partial charge in [-0.1, -0.05) is 42.7 Å². The highest BCUT2D eigenvalue weighted by molar-refractivity contribution is 6.31. The molecular formula is C29H25ClFN7O3. The van der Waals surface area contributed by atoms with Crippen molar-refractivity contribution >= 4 is 34.8 Å². The summed E-state index contributed by atoms with van der Waals surface area (Å²) in [6.07, 6.45) is 7.90. The summed E-state index contributed by atoms with van der Waals surface area (Å²) in [5, 5.41) is 27.2. The van der Waals surface area contributed by atoms with E-state index in [0.29, 0.717) is 35.0 Å². The van der Waals surface area contributed by atoms with E-state index >= 15 is 4.39 Å². The van der Waals surface area contributed by atoms with Crippen molar-refractivity contribution in [1.82, 2.24) is 20.2 Å². The zero-order valence-corrected chi connectivity index (χ0v) is 22.8. The number of ether oxygens (including phenoxy) is 1. The number of carbonyl (C=O) groups excluding carboxylic acids is 1. The van der Waals surface area contributed by atoms with E-state index in [1.54, 1.807) is 30.3 Å². The number of aromatic nitrogens is 5. The van der Waals surface area contributed by atoms with Gasteiger partial charge in [0, 0.05) is 23.9 Å². The summed E-state index contributed by atoms with van der Waals surface area (Å²) < 4.78 is 22.1. The molecule has 2 aromatic carbocycles. The van der Waals surface area contributed by atoms with Crippen molar-refractivity contribution < 1.29 is 18.7 Å². The summed E-state index contributed by atoms with van der Waals surface area (Å²) in [5.74, 6) is -0.318. The monoisotopic (exact) mass is 573 g/mol. The third kappa shape index (κ3) is 5.53. The third-order valence-electron chi connectivity index (χ3n) is 7.31. The number of halogens is 2. The first kappa shape index (κ1) is 26.6. The Kier molecular flexibility index (Phi) is 7.19. The first-order valence-electron chi connectivity index (χ1n) is 13.1. The molecule has 208 valence electrons. The van der Waals surface area contributed by atoms with Gasteiger partial charge in [0.25, 0.3) is 0 Å². The second-order valence-electron chi connectivity index (χ2n) is 10.0. The van der Waals surface area contributed by atoms with Crippen molar-refractivity contribution in [1.29, 1.82) is 0 Å². The number of nitrogens with one attached hydrogen (secondary N) is 1. The molecule has 1 N–H and O–H groups in total. The van der Waals surface area contributed by atoms with Crippen LogP contribution in [0.4, 0.5) is 14.9 Å². The highest BCUT2D eigenvalue weighted by Crippen LogP contribution is 2.41. The van der Waals surface area contributed by atoms with E-state index in [4.69, 9.17) is 16.6 Å². The van der Waals surface area contributed by atoms with Crippen LogP contribution in [-0.2, 0) is 4.74 Å². The highest BCUT2D eigenvalue weighted by Gasteiger charge is 2.34. The van der Waals surface area contributed by atoms with Gasteiger partial charge in [-0.25, -0.2) is 9.18 Å². The number of pyridine rings is 1. The molecule has 1 unspecified atom stereocenters. The van der Waals surface area contributed by atoms with Gasteiger partial charge >= 0.3 is 6.09 Å². The van der Waals surface area contributed by atoms with Crippen LogP contribution in [0.5, 0.6) is 0 Å². The lowest BCUT2D eigenvalue weighted by molar-refractivity contribution is -0.614. The molecule has 0 saturated heterocycles. The number of allylic oxidation sites excluding steroid dienone is 1. The molecule has 41 heavy (non-hydrogen) atoms. The van der Waals surface area contributed by atoms with Crippen LogP contribution in [0.25, 0.3) is 22.5 Å². The molecule has 1 atom stereocenters. The van der Waals surface area contributed by atoms with Crippen molar-refractivity contribution in [2.24, 2.45) is 10.9 Å². The normalized spacial score (nSPS) is 15.3. The smallest absolute Gasteiger partial charge is 0.411 e. The number of nitrogens with zero attached hydrogens (tertiary/aromatic N) is 6. The molecular weight excluding hydrogens is 549 g/mol. The van der Waals surface area contributed by atoms with Crippen LogP contribution in [-0.4, -0.2) is 39.1 Å². The van der Waals surface area contributed by atoms with E-state index in [1.807, 2.05) is 18.2 Å². The Hall–Kier alpha value is -4.64. The van der Waals surface area contributed by atoms with Gasteiger partial charge in [0.2, 0.25) is 5.69 Å². The van der Waals surface area contributed by atoms with E-state index in [-0.39, 0.29) is 16.5 Å². The second-order valence-corrected chi connectivity index (χ2v) is 10.4. The molecule has 12 heteroatoms. The molecule has 1 fully saturated rings. The molecule has 3 heterocycles. The number of carbonyl (C=O) groups is 1. The van der Waals surface area contributed by atoms with E-state index in [0.717, 1.165) is 41.0 Å². The van der Waals surface area contributed by atoms with Gasteiger partial charge in [-0.3, -0.25) is 10.3 Å². The number of benzene rings is 2. The van der Waals surface area contributed by atoms with Crippen LogP contribution >= 0.6 is 11.6 Å². The third-order valence-corrected chi connectivity index (χ3v) is 7.60. The summed E-state index contributed by atoms with van der Waals surface area (Å²) >= 11 is 6.10. The Labute approximate surface area is 239 Å². The summed E-state index contributed by atoms with van der Waals surface area (Å²) in [4.78, 5) is 16.4. The molecule has 10 nitrogen and oxygen atoms in total. The maximum absolute atomic E-state index is 15.3. The Morgan fingerprint density at radius 1 is 1.20 bits per heavy atom. The largest absolute Gasteiger partial charge is 0.618 e. The van der Waals surface area contributed by atoms with E-state index in [2.05, 4.69) is 25.6 Å². The van der Waals surface area contributed by atoms with E-state index in [9.17, 15) is 10.0 Å². The lowest BCUT2D eigenvalue weighted by atomic mass is 9.90. The van der Waals surface area contributed by atoms with Crippen LogP contribution in [0.3, 0.4) is 0 Å². The fourth-order valence-electron chi connectivity index (χ4n) is 5.05. The number of hydrogen-bond donors (Lipinski definition) is 1. The molecule has 2 aliphatic rings. The predicted octanol–water partition coefficient (Wildman–Crippen LogP) is 5.70. The Balaban J connectivity index is 1.30. The second kappa shape index (κ2) is 11.1. The molecule has 4 aromatic rings. The molecule has 1 saturated carbocycles. The molecule has 6 rings (SSSR count). The lowest BCUT2D eigenvalue weighted by Gasteiger charge is -2.18. The summed E-state index contributed by atoms with van der Waals surface area (Å²) in [6, 6.07) is 13.8. The lowest BCUT2D eigenvalue weighted by Crippen LogP contribution is -2.35. The molecule has 1 aliphatic heterocycles. The highest BCUT2D eigenvalue weighted by atomic mass is 35.5. The van der Waals surface area contributed by atoms with E-state index in [1.165, 1.54) is 30.4 Å². The van der Waals surface area contributed by atoms with Gasteiger partial charge in [-0.05, 0) is 58.7 Å². The molecule has 1 aliphatic carbocycles. The van der Waals surface area contributed by atoms with Crippen molar-refractivity contribution in [3.63, 3.8) is 0 Å². The first-order valence-corrected chi connectivity index (χ1v) is 13.5. The standard InChI is InChI=1S/C29H25ClFN7O3/c1-41-29(39)33-20-7-4-18(5-8-20)23-10-11-24(34-23)21(14-17-2-3-17)25-12-6-19(15-38(25)40)27-26(37-16-32-35-36-37)13-9-22(30)28(27)31/h4-10,12-13,15-17,21H,2-3,11,14H2,1H3,(H,33,39). The molecule has 0 spiro atoms. The van der Waals surface area contributed by atoms with Gasteiger partial charge in [-0.2, -0.15) is 9.41 Å². The van der Waals surface area contributed by atoms with Gasteiger partial charge in [0.15, 0.2) is 12.0 Å². The van der Waals surface area contributed by atoms with Crippen molar-refractivity contribution in [3.8, 4) is 16.8 Å². The minimum atomic E-state index is -0.663. The van der Waals surface area contributed by atoms with Crippen LogP contribution < -0.4 is 10.0 Å². The summed E-state index contributed by atoms with van der Waals surface area (Å²) in [7, 11) is 1.31. The number of tetrazole rings is 1. The number of aliphatic imine (C=N–C) groups is 1. The summed E-state index contributed by atoms with van der Waals surface area (Å²) in [5.41, 5.74) is 4.63. The average molecular weight is 574 g/mol. The molecule has 2 aromatic heterocycles. The Bertz CT molecular complexity index is 1670. The topological polar surface area (TPSA) is 121 Å². The zero-order valence-electron chi connectivity index (χ0n) is 22.0. The van der Waals surface area contributed by atoms with Gasteiger partial charge in [0.1, 0.15) is 6.33 Å². The minimum absolute atomic E-state index is 0.0713. The van der Waals surface area contributed by atoms with Gasteiger partial charge < -0.3 is 9.94 Å². The number of amides is 1. The summed E-state index contributed by atoms with van der Waals surface area (Å²) in [6.45, 7) is 0. The fourth-order valence-corrected chi connectivity index (χ4v) is 5.20. The molecule has 0 radical (unpaired) electrons. The van der Waals surface area contributed by atoms with Crippen molar-refractivity contribution in [2.45, 2.75) is 31.6 Å². The van der Waals surface area contributed by atoms with Crippen molar-refractivity contribution in [3.05, 3.63) is 94.4 Å². The number of anilines is 1. The van der Waals surface area contributed by atoms with Gasteiger partial charge in [-0.15, -0.1) is 5.10 Å². The van der Waals surface area contributed by atoms with Crippen LogP contribution in [0, 0.1) is 16.9 Å². The number of rotatable bonds is 8.